The van der Waals surface area contributed by atoms with Crippen molar-refractivity contribution in [2.75, 3.05) is 20.3 Å². The van der Waals surface area contributed by atoms with E-state index >= 15 is 0 Å². The van der Waals surface area contributed by atoms with Gasteiger partial charge in [-0.2, -0.15) is 5.10 Å². The zero-order valence-corrected chi connectivity index (χ0v) is 30.7. The first-order valence-electron chi connectivity index (χ1n) is 13.8. The summed E-state index contributed by atoms with van der Waals surface area (Å²) in [7, 11) is 1.27. The summed E-state index contributed by atoms with van der Waals surface area (Å²) in [6.07, 6.45) is 0.436. The summed E-state index contributed by atoms with van der Waals surface area (Å²) in [5.74, 6) is 0.874. The number of amides is 2. The van der Waals surface area contributed by atoms with E-state index in [0.29, 0.717) is 39.4 Å². The Balaban J connectivity index is 1.37. The molecule has 1 aliphatic heterocycles. The maximum absolute atomic E-state index is 12.5. The van der Waals surface area contributed by atoms with Crippen molar-refractivity contribution in [1.29, 1.82) is 0 Å². The minimum atomic E-state index is -1.14. The number of esters is 1. The van der Waals surface area contributed by atoms with E-state index in [4.69, 9.17) is 42.1 Å². The third-order valence-electron chi connectivity index (χ3n) is 6.52. The SMILES string of the molecule is CCOc1cc([C@H]2NC(=O)NC(C)=C2C(=O)OC)ccc1OC[C@H](O)N/N=C\c1cc(I)c(OCc2ccc(Cl)cc2Cl)c(I)c1. The van der Waals surface area contributed by atoms with Crippen molar-refractivity contribution in [2.45, 2.75) is 32.7 Å². The van der Waals surface area contributed by atoms with Crippen LogP contribution in [0, 0.1) is 7.14 Å². The van der Waals surface area contributed by atoms with Gasteiger partial charge in [0.2, 0.25) is 0 Å². The molecular weight excluding hydrogens is 865 g/mol. The molecule has 46 heavy (non-hydrogen) atoms. The highest BCUT2D eigenvalue weighted by Gasteiger charge is 2.32. The van der Waals surface area contributed by atoms with E-state index in [2.05, 4.69) is 66.3 Å². The zero-order chi connectivity index (χ0) is 33.4. The van der Waals surface area contributed by atoms with E-state index in [1.54, 1.807) is 43.5 Å². The van der Waals surface area contributed by atoms with Crippen LogP contribution in [-0.4, -0.2) is 49.9 Å². The van der Waals surface area contributed by atoms with Crippen LogP contribution >= 0.6 is 68.4 Å². The van der Waals surface area contributed by atoms with E-state index in [-0.39, 0.29) is 18.8 Å². The Hall–Kier alpha value is -2.99. The molecule has 2 amide bonds. The number of methoxy groups -OCH3 is 1. The first-order chi connectivity index (χ1) is 22.0. The highest BCUT2D eigenvalue weighted by Crippen LogP contribution is 2.35. The quantitative estimate of drug-likeness (QED) is 0.0516. The van der Waals surface area contributed by atoms with Crippen molar-refractivity contribution in [3.05, 3.63) is 93.7 Å². The Bertz CT molecular complexity index is 1650. The van der Waals surface area contributed by atoms with Crippen molar-refractivity contribution in [3.63, 3.8) is 0 Å². The Morgan fingerprint density at radius 3 is 2.50 bits per heavy atom. The molecule has 4 N–H and O–H groups in total. The van der Waals surface area contributed by atoms with Crippen LogP contribution in [0.15, 0.2) is 64.9 Å². The van der Waals surface area contributed by atoms with Crippen molar-refractivity contribution >= 4 is 86.6 Å². The number of rotatable bonds is 13. The predicted molar refractivity (Wildman–Crippen MR) is 192 cm³/mol. The van der Waals surface area contributed by atoms with Crippen LogP contribution in [0.1, 0.15) is 36.6 Å². The minimum absolute atomic E-state index is 0.150. The normalized spacial score (nSPS) is 15.2. The van der Waals surface area contributed by atoms with Gasteiger partial charge in [-0.25, -0.2) is 9.59 Å². The lowest BCUT2D eigenvalue weighted by Crippen LogP contribution is -2.45. The van der Waals surface area contributed by atoms with Gasteiger partial charge >= 0.3 is 12.0 Å². The zero-order valence-electron chi connectivity index (χ0n) is 24.8. The molecule has 15 heteroatoms. The lowest BCUT2D eigenvalue weighted by molar-refractivity contribution is -0.136. The Labute approximate surface area is 303 Å². The number of aliphatic hydroxyl groups is 1. The minimum Gasteiger partial charge on any atom is -0.490 e. The first kappa shape index (κ1) is 35.9. The lowest BCUT2D eigenvalue weighted by Gasteiger charge is -2.28. The summed E-state index contributed by atoms with van der Waals surface area (Å²) >= 11 is 16.6. The highest BCUT2D eigenvalue weighted by molar-refractivity contribution is 14.1. The second-order valence-corrected chi connectivity index (χ2v) is 12.9. The third kappa shape index (κ3) is 9.30. The van der Waals surface area contributed by atoms with Crippen molar-refractivity contribution in [3.8, 4) is 17.2 Å². The van der Waals surface area contributed by atoms with Gasteiger partial charge in [-0.15, -0.1) is 0 Å². The molecule has 0 spiro atoms. The maximum Gasteiger partial charge on any atom is 0.337 e. The van der Waals surface area contributed by atoms with E-state index in [1.165, 1.54) is 7.11 Å². The van der Waals surface area contributed by atoms with Crippen molar-refractivity contribution in [1.82, 2.24) is 16.1 Å². The number of carbonyl (C=O) groups excluding carboxylic acids is 2. The molecule has 2 atom stereocenters. The smallest absolute Gasteiger partial charge is 0.337 e. The van der Waals surface area contributed by atoms with Crippen LogP contribution in [-0.2, 0) is 16.1 Å². The van der Waals surface area contributed by atoms with Crippen LogP contribution in [0.25, 0.3) is 0 Å². The topological polar surface area (TPSA) is 140 Å². The Morgan fingerprint density at radius 2 is 1.83 bits per heavy atom. The maximum atomic E-state index is 12.5. The molecule has 0 bridgehead atoms. The summed E-state index contributed by atoms with van der Waals surface area (Å²) in [4.78, 5) is 24.6. The fraction of sp³-hybridized carbons (Fsp3) is 0.258. The number of hydrogen-bond donors (Lipinski definition) is 4. The van der Waals surface area contributed by atoms with Gasteiger partial charge in [-0.3, -0.25) is 5.43 Å². The van der Waals surface area contributed by atoms with Crippen molar-refractivity contribution < 1.29 is 33.6 Å². The van der Waals surface area contributed by atoms with Gasteiger partial charge in [0.15, 0.2) is 17.7 Å². The molecule has 1 aliphatic rings. The number of hydrogen-bond acceptors (Lipinski definition) is 9. The summed E-state index contributed by atoms with van der Waals surface area (Å²) in [5.41, 5.74) is 5.51. The Morgan fingerprint density at radius 1 is 1.09 bits per heavy atom. The third-order valence-corrected chi connectivity index (χ3v) is 8.71. The lowest BCUT2D eigenvalue weighted by atomic mass is 9.95. The van der Waals surface area contributed by atoms with E-state index in [9.17, 15) is 14.7 Å². The number of nitrogens with zero attached hydrogens (tertiary/aromatic N) is 1. The van der Waals surface area contributed by atoms with Gasteiger partial charge in [0.25, 0.3) is 0 Å². The van der Waals surface area contributed by atoms with Crippen molar-refractivity contribution in [2.24, 2.45) is 5.10 Å². The summed E-state index contributed by atoms with van der Waals surface area (Å²) in [5, 5.41) is 21.1. The fourth-order valence-electron chi connectivity index (χ4n) is 4.40. The second kappa shape index (κ2) is 16.7. The molecule has 0 aromatic heterocycles. The monoisotopic (exact) mass is 894 g/mol. The average Bonchev–Trinajstić information content (AvgIpc) is 3.00. The fourth-order valence-corrected chi connectivity index (χ4v) is 6.99. The predicted octanol–water partition coefficient (Wildman–Crippen LogP) is 6.30. The molecule has 0 saturated heterocycles. The molecule has 3 aromatic carbocycles. The number of nitrogens with one attached hydrogen (secondary N) is 3. The van der Waals surface area contributed by atoms with E-state index < -0.39 is 24.3 Å². The molecular formula is C31H30Cl2I2N4O7. The number of carbonyl (C=O) groups is 2. The first-order valence-corrected chi connectivity index (χ1v) is 16.7. The number of ether oxygens (including phenoxy) is 4. The van der Waals surface area contributed by atoms with Crippen LogP contribution in [0.2, 0.25) is 10.0 Å². The summed E-state index contributed by atoms with van der Waals surface area (Å²) in [6, 6.07) is 12.9. The van der Waals surface area contributed by atoms with Crippen LogP contribution in [0.5, 0.6) is 17.2 Å². The van der Waals surface area contributed by atoms with Gasteiger partial charge in [0, 0.05) is 21.3 Å². The molecule has 0 radical (unpaired) electrons. The number of halogens is 4. The molecule has 4 rings (SSSR count). The van der Waals surface area contributed by atoms with E-state index in [1.807, 2.05) is 25.1 Å². The molecule has 0 unspecified atom stereocenters. The molecule has 11 nitrogen and oxygen atoms in total. The van der Waals surface area contributed by atoms with Crippen LogP contribution in [0.4, 0.5) is 4.79 Å². The molecule has 3 aromatic rings. The summed E-state index contributed by atoms with van der Waals surface area (Å²) in [6.45, 7) is 3.91. The number of allylic oxidation sites excluding steroid dienone is 1. The van der Waals surface area contributed by atoms with Gasteiger partial charge in [0.05, 0.1) is 38.7 Å². The number of urea groups is 1. The molecule has 244 valence electrons. The van der Waals surface area contributed by atoms with Gasteiger partial charge in [-0.05, 0) is 107 Å². The highest BCUT2D eigenvalue weighted by atomic mass is 127. The standard InChI is InChI=1S/C31H30Cl2I2N4O7/c1-4-44-25-11-18(28-27(30(41)43-3)16(2)37-31(42)38-28)6-8-24(25)45-15-26(40)39-36-13-17-9-22(34)29(23(35)10-17)46-14-19-5-7-20(32)12-21(19)33/h5-13,26,28,39-40H,4,14-15H2,1-3H3,(H2,37,38,42)/b36-13-/t26-,28+/m0/s1. The molecule has 0 fully saturated rings. The largest absolute Gasteiger partial charge is 0.490 e. The Kier molecular flexibility index (Phi) is 13.0. The number of aliphatic hydroxyl groups excluding tert-OH is 1. The van der Waals surface area contributed by atoms with Crippen LogP contribution < -0.4 is 30.3 Å². The molecule has 0 aliphatic carbocycles. The number of benzene rings is 3. The molecule has 0 saturated carbocycles. The second-order valence-electron chi connectivity index (χ2n) is 9.75. The summed E-state index contributed by atoms with van der Waals surface area (Å²) < 4.78 is 24.3. The van der Waals surface area contributed by atoms with E-state index in [0.717, 1.165) is 24.0 Å². The number of hydrazone groups is 1. The molecule has 1 heterocycles. The van der Waals surface area contributed by atoms with Crippen LogP contribution in [0.3, 0.4) is 0 Å². The van der Waals surface area contributed by atoms with Gasteiger partial charge in [0.1, 0.15) is 19.0 Å². The van der Waals surface area contributed by atoms with Gasteiger partial charge < -0.3 is 34.7 Å². The average molecular weight is 895 g/mol. The van der Waals surface area contributed by atoms with Gasteiger partial charge in [-0.1, -0.05) is 35.3 Å².